The highest BCUT2D eigenvalue weighted by molar-refractivity contribution is 5.73. The molecule has 0 aliphatic carbocycles. The van der Waals surface area contributed by atoms with Gasteiger partial charge in [0.15, 0.2) is 0 Å². The predicted octanol–water partition coefficient (Wildman–Crippen LogP) is -1.16. The number of aliphatic hydroxyl groups is 1. The fraction of sp³-hybridized carbons (Fsp3) is 0.778. The van der Waals surface area contributed by atoms with E-state index in [1.165, 1.54) is 0 Å². The van der Waals surface area contributed by atoms with Gasteiger partial charge in [0, 0.05) is 0 Å². The zero-order valence-electron chi connectivity index (χ0n) is 9.46. The number of rotatable bonds is 5. The summed E-state index contributed by atoms with van der Waals surface area (Å²) in [5.74, 6) is -2.02. The summed E-state index contributed by atoms with van der Waals surface area (Å²) in [4.78, 5) is 19.8. The van der Waals surface area contributed by atoms with E-state index in [-0.39, 0.29) is 5.92 Å². The molecule has 0 aliphatic rings. The molecule has 0 saturated carbocycles. The number of carboxylic acid groups (broad SMARTS) is 2. The first-order chi connectivity index (χ1) is 7.27. The van der Waals surface area contributed by atoms with Crippen LogP contribution in [0.3, 0.4) is 0 Å². The van der Waals surface area contributed by atoms with Gasteiger partial charge in [0.2, 0.25) is 0 Å². The molecule has 0 bridgehead atoms. The van der Waals surface area contributed by atoms with Gasteiger partial charge in [0.1, 0.15) is 12.1 Å². The molecule has 3 atom stereocenters. The van der Waals surface area contributed by atoms with Crippen molar-refractivity contribution in [1.82, 2.24) is 0 Å². The zero-order valence-corrected chi connectivity index (χ0v) is 9.46. The number of aliphatic hydroxyl groups excluding tert-OH is 1. The Morgan fingerprint density at radius 2 is 1.62 bits per heavy atom. The Morgan fingerprint density at radius 3 is 1.69 bits per heavy atom. The summed E-state index contributed by atoms with van der Waals surface area (Å²) in [6, 6.07) is -1.82. The van der Waals surface area contributed by atoms with Crippen molar-refractivity contribution in [3.05, 3.63) is 0 Å². The Kier molecular flexibility index (Phi) is 9.77. The van der Waals surface area contributed by atoms with Gasteiger partial charge >= 0.3 is 11.9 Å². The average Bonchev–Trinajstić information content (AvgIpc) is 2.26. The van der Waals surface area contributed by atoms with E-state index in [1.807, 2.05) is 13.8 Å². The van der Waals surface area contributed by atoms with Gasteiger partial charge in [-0.15, -0.1) is 0 Å². The summed E-state index contributed by atoms with van der Waals surface area (Å²) < 4.78 is 0. The first kappa shape index (κ1) is 17.2. The van der Waals surface area contributed by atoms with Gasteiger partial charge in [-0.3, -0.25) is 9.59 Å². The first-order valence-corrected chi connectivity index (χ1v) is 4.85. The summed E-state index contributed by atoms with van der Waals surface area (Å²) in [5.41, 5.74) is 10.0. The lowest BCUT2D eigenvalue weighted by atomic mass is 10.0. The molecule has 0 aromatic carbocycles. The lowest BCUT2D eigenvalue weighted by Crippen LogP contribution is -2.36. The molecule has 7 N–H and O–H groups in total. The van der Waals surface area contributed by atoms with Crippen LogP contribution in [0.2, 0.25) is 0 Å². The highest BCUT2D eigenvalue weighted by Gasteiger charge is 2.17. The fourth-order valence-electron chi connectivity index (χ4n) is 0.575. The maximum atomic E-state index is 10.2. The minimum absolute atomic E-state index is 0.0718. The molecule has 96 valence electrons. The minimum atomic E-state index is -1.18. The van der Waals surface area contributed by atoms with Crippen LogP contribution in [0.1, 0.15) is 20.3 Å². The average molecular weight is 236 g/mol. The smallest absolute Gasteiger partial charge is 0.322 e. The highest BCUT2D eigenvalue weighted by Crippen LogP contribution is 2.04. The molecule has 1 unspecified atom stereocenters. The van der Waals surface area contributed by atoms with Crippen molar-refractivity contribution in [3.8, 4) is 0 Å². The van der Waals surface area contributed by atoms with Crippen LogP contribution in [-0.4, -0.2) is 45.9 Å². The standard InChI is InChI=1S/C6H13NO2.C3H7NO3/c1-3-4(2)5(7)6(8)9;4-2(1-5)3(6)7/h4-5H,3,7H2,1-2H3,(H,8,9);2,5H,1,4H2,(H,6,7)/t4?,5-;2-/m00/s1. The van der Waals surface area contributed by atoms with Gasteiger partial charge in [-0.25, -0.2) is 0 Å². The molecule has 16 heavy (non-hydrogen) atoms. The largest absolute Gasteiger partial charge is 0.480 e. The molecule has 0 radical (unpaired) electrons. The molecule has 0 saturated heterocycles. The maximum absolute atomic E-state index is 10.2. The van der Waals surface area contributed by atoms with Crippen molar-refractivity contribution >= 4 is 11.9 Å². The van der Waals surface area contributed by atoms with E-state index in [0.717, 1.165) is 6.42 Å². The van der Waals surface area contributed by atoms with Crippen molar-refractivity contribution in [1.29, 1.82) is 0 Å². The Bertz CT molecular complexity index is 222. The summed E-state index contributed by atoms with van der Waals surface area (Å²) in [7, 11) is 0. The van der Waals surface area contributed by atoms with Crippen molar-refractivity contribution in [3.63, 3.8) is 0 Å². The summed E-state index contributed by atoms with van der Waals surface area (Å²) in [6.07, 6.45) is 0.813. The molecular weight excluding hydrogens is 216 g/mol. The molecule has 0 aromatic heterocycles. The molecule has 0 heterocycles. The normalized spacial score (nSPS) is 15.3. The van der Waals surface area contributed by atoms with Crippen LogP contribution in [0.4, 0.5) is 0 Å². The van der Waals surface area contributed by atoms with E-state index in [4.69, 9.17) is 26.8 Å². The van der Waals surface area contributed by atoms with Crippen LogP contribution in [-0.2, 0) is 9.59 Å². The third-order valence-electron chi connectivity index (χ3n) is 2.06. The molecule has 0 amide bonds. The molecule has 0 aromatic rings. The zero-order chi connectivity index (χ0) is 13.3. The number of carbonyl (C=O) groups is 2. The van der Waals surface area contributed by atoms with Gasteiger partial charge in [-0.05, 0) is 5.92 Å². The van der Waals surface area contributed by atoms with Gasteiger partial charge in [0.05, 0.1) is 6.61 Å². The lowest BCUT2D eigenvalue weighted by Gasteiger charge is -2.11. The molecule has 0 spiro atoms. The van der Waals surface area contributed by atoms with E-state index in [0.29, 0.717) is 0 Å². The van der Waals surface area contributed by atoms with E-state index in [1.54, 1.807) is 0 Å². The Hall–Kier alpha value is -1.18. The number of hydrogen-bond acceptors (Lipinski definition) is 5. The summed E-state index contributed by atoms with van der Waals surface area (Å²) in [6.45, 7) is 3.25. The van der Waals surface area contributed by atoms with E-state index < -0.39 is 30.6 Å². The molecule has 0 aliphatic heterocycles. The second kappa shape index (κ2) is 9.08. The van der Waals surface area contributed by atoms with Crippen LogP contribution >= 0.6 is 0 Å². The van der Waals surface area contributed by atoms with E-state index >= 15 is 0 Å². The SMILES string of the molecule is CCC(C)[C@H](N)C(=O)O.N[C@@H](CO)C(=O)O. The number of aliphatic carboxylic acids is 2. The van der Waals surface area contributed by atoms with Gasteiger partial charge in [-0.2, -0.15) is 0 Å². The maximum Gasteiger partial charge on any atom is 0.322 e. The predicted molar refractivity (Wildman–Crippen MR) is 57.8 cm³/mol. The number of hydrogen-bond donors (Lipinski definition) is 5. The molecular formula is C9H20N2O5. The third kappa shape index (κ3) is 8.16. The first-order valence-electron chi connectivity index (χ1n) is 4.85. The second-order valence-electron chi connectivity index (χ2n) is 3.38. The quantitative estimate of drug-likeness (QED) is 0.404. The van der Waals surface area contributed by atoms with Crippen LogP contribution in [0.5, 0.6) is 0 Å². The number of nitrogens with two attached hydrogens (primary N) is 2. The van der Waals surface area contributed by atoms with Gasteiger partial charge in [-0.1, -0.05) is 20.3 Å². The summed E-state index contributed by atoms with van der Waals surface area (Å²) >= 11 is 0. The topological polar surface area (TPSA) is 147 Å². The van der Waals surface area contributed by atoms with Crippen molar-refractivity contribution < 1.29 is 24.9 Å². The fourth-order valence-corrected chi connectivity index (χ4v) is 0.575. The second-order valence-corrected chi connectivity index (χ2v) is 3.38. The highest BCUT2D eigenvalue weighted by atomic mass is 16.4. The monoisotopic (exact) mass is 236 g/mol. The van der Waals surface area contributed by atoms with Gasteiger partial charge in [0.25, 0.3) is 0 Å². The third-order valence-corrected chi connectivity index (χ3v) is 2.06. The summed E-state index contributed by atoms with van der Waals surface area (Å²) in [5, 5.41) is 24.3. The van der Waals surface area contributed by atoms with Crippen LogP contribution in [0, 0.1) is 5.92 Å². The molecule has 0 fully saturated rings. The Morgan fingerprint density at radius 1 is 1.19 bits per heavy atom. The van der Waals surface area contributed by atoms with Crippen molar-refractivity contribution in [2.24, 2.45) is 17.4 Å². The van der Waals surface area contributed by atoms with Gasteiger partial charge < -0.3 is 26.8 Å². The van der Waals surface area contributed by atoms with Crippen molar-refractivity contribution in [2.75, 3.05) is 6.61 Å². The Balaban J connectivity index is 0. The van der Waals surface area contributed by atoms with Crippen LogP contribution in [0.25, 0.3) is 0 Å². The van der Waals surface area contributed by atoms with E-state index in [9.17, 15) is 9.59 Å². The van der Waals surface area contributed by atoms with Crippen LogP contribution < -0.4 is 11.5 Å². The van der Waals surface area contributed by atoms with Crippen molar-refractivity contribution in [2.45, 2.75) is 32.4 Å². The van der Waals surface area contributed by atoms with E-state index in [2.05, 4.69) is 0 Å². The van der Waals surface area contributed by atoms with Crippen LogP contribution in [0.15, 0.2) is 0 Å². The lowest BCUT2D eigenvalue weighted by molar-refractivity contribution is -0.140. The molecule has 0 rings (SSSR count). The minimum Gasteiger partial charge on any atom is -0.480 e. The Labute approximate surface area is 94.1 Å². The number of carboxylic acids is 2. The molecule has 7 nitrogen and oxygen atoms in total. The molecule has 7 heteroatoms.